The second-order valence-electron chi connectivity index (χ2n) is 5.92. The summed E-state index contributed by atoms with van der Waals surface area (Å²) in [6, 6.07) is 4.34. The fourth-order valence-electron chi connectivity index (χ4n) is 2.64. The van der Waals surface area contributed by atoms with Crippen molar-refractivity contribution < 1.29 is 9.18 Å². The Labute approximate surface area is 121 Å². The number of hydrogen-bond acceptors (Lipinski definition) is 2. The minimum atomic E-state index is -0.316. The highest BCUT2D eigenvalue weighted by Gasteiger charge is 2.43. The van der Waals surface area contributed by atoms with Gasteiger partial charge in [0.2, 0.25) is 5.91 Å². The fraction of sp³-hybridized carbons (Fsp3) is 0.500. The van der Waals surface area contributed by atoms with Gasteiger partial charge in [-0.3, -0.25) is 4.79 Å². The number of nitrogens with zero attached hydrogens (tertiary/aromatic N) is 1. The summed E-state index contributed by atoms with van der Waals surface area (Å²) in [5, 5.41) is 0. The van der Waals surface area contributed by atoms with Crippen molar-refractivity contribution in [3.63, 3.8) is 0 Å². The number of likely N-dealkylation sites (tertiary alicyclic amines) is 1. The van der Waals surface area contributed by atoms with Crippen molar-refractivity contribution in [3.05, 3.63) is 34.1 Å². The first-order valence-corrected chi connectivity index (χ1v) is 7.04. The molecule has 0 saturated carbocycles. The molecule has 19 heavy (non-hydrogen) atoms. The lowest BCUT2D eigenvalue weighted by atomic mass is 9.97. The van der Waals surface area contributed by atoms with Crippen LogP contribution in [0.25, 0.3) is 0 Å². The zero-order valence-corrected chi connectivity index (χ0v) is 12.9. The monoisotopic (exact) mass is 328 g/mol. The first-order valence-electron chi connectivity index (χ1n) is 6.24. The Kier molecular flexibility index (Phi) is 3.71. The lowest BCUT2D eigenvalue weighted by Gasteiger charge is -2.38. The van der Waals surface area contributed by atoms with E-state index in [1.54, 1.807) is 17.0 Å². The molecule has 1 amide bonds. The van der Waals surface area contributed by atoms with E-state index in [1.807, 2.05) is 20.8 Å². The molecule has 2 N–H and O–H groups in total. The van der Waals surface area contributed by atoms with Crippen molar-refractivity contribution in [2.75, 3.05) is 0 Å². The van der Waals surface area contributed by atoms with Crippen LogP contribution in [0, 0.1) is 5.82 Å². The molecule has 1 aromatic rings. The second kappa shape index (κ2) is 4.87. The molecule has 1 aromatic carbocycles. The van der Waals surface area contributed by atoms with Crippen LogP contribution >= 0.6 is 15.9 Å². The highest BCUT2D eigenvalue weighted by atomic mass is 79.9. The third-order valence-corrected chi connectivity index (χ3v) is 3.98. The van der Waals surface area contributed by atoms with Crippen LogP contribution in [0.5, 0.6) is 0 Å². The Hall–Kier alpha value is -0.940. The molecule has 2 rings (SSSR count). The summed E-state index contributed by atoms with van der Waals surface area (Å²) in [7, 11) is 0. The number of amides is 1. The predicted octanol–water partition coefficient (Wildman–Crippen LogP) is 2.99. The Morgan fingerprint density at radius 1 is 1.42 bits per heavy atom. The van der Waals surface area contributed by atoms with Crippen molar-refractivity contribution in [2.24, 2.45) is 5.73 Å². The highest BCUT2D eigenvalue weighted by molar-refractivity contribution is 9.10. The maximum atomic E-state index is 13.3. The number of halogens is 2. The maximum Gasteiger partial charge on any atom is 0.225 e. The van der Waals surface area contributed by atoms with Gasteiger partial charge >= 0.3 is 0 Å². The van der Waals surface area contributed by atoms with Crippen molar-refractivity contribution in [1.82, 2.24) is 4.90 Å². The van der Waals surface area contributed by atoms with E-state index in [4.69, 9.17) is 5.73 Å². The summed E-state index contributed by atoms with van der Waals surface area (Å²) >= 11 is 3.18. The number of carbonyl (C=O) groups is 1. The quantitative estimate of drug-likeness (QED) is 0.861. The van der Waals surface area contributed by atoms with E-state index < -0.39 is 0 Å². The summed E-state index contributed by atoms with van der Waals surface area (Å²) in [4.78, 5) is 13.9. The Morgan fingerprint density at radius 3 is 2.58 bits per heavy atom. The lowest BCUT2D eigenvalue weighted by molar-refractivity contribution is -0.133. The molecule has 0 aromatic heterocycles. The van der Waals surface area contributed by atoms with Crippen LogP contribution < -0.4 is 5.73 Å². The third-order valence-electron chi connectivity index (χ3n) is 3.37. The molecule has 1 aliphatic heterocycles. The summed E-state index contributed by atoms with van der Waals surface area (Å²) in [6.45, 7) is 5.94. The second-order valence-corrected chi connectivity index (χ2v) is 6.78. The molecule has 3 nitrogen and oxygen atoms in total. The van der Waals surface area contributed by atoms with Gasteiger partial charge in [0.05, 0.1) is 10.5 Å². The lowest BCUT2D eigenvalue weighted by Crippen LogP contribution is -2.45. The zero-order chi connectivity index (χ0) is 14.4. The SMILES string of the molecule is CC(C)(C)N1C(=O)CC(N)C1c1ccc(F)c(Br)c1. The highest BCUT2D eigenvalue weighted by Crippen LogP contribution is 2.38. The normalized spacial score (nSPS) is 24.1. The average molecular weight is 329 g/mol. The number of rotatable bonds is 1. The van der Waals surface area contributed by atoms with E-state index in [-0.39, 0.29) is 29.3 Å². The van der Waals surface area contributed by atoms with E-state index in [9.17, 15) is 9.18 Å². The third kappa shape index (κ3) is 2.67. The smallest absolute Gasteiger partial charge is 0.225 e. The molecule has 0 spiro atoms. The van der Waals surface area contributed by atoms with Crippen LogP contribution in [0.3, 0.4) is 0 Å². The van der Waals surface area contributed by atoms with Gasteiger partial charge < -0.3 is 10.6 Å². The van der Waals surface area contributed by atoms with E-state index in [0.717, 1.165) is 5.56 Å². The van der Waals surface area contributed by atoms with E-state index >= 15 is 0 Å². The molecule has 1 heterocycles. The largest absolute Gasteiger partial charge is 0.329 e. The fourth-order valence-corrected chi connectivity index (χ4v) is 3.04. The van der Waals surface area contributed by atoms with Gasteiger partial charge in [-0.15, -0.1) is 0 Å². The van der Waals surface area contributed by atoms with E-state index in [2.05, 4.69) is 15.9 Å². The van der Waals surface area contributed by atoms with Crippen LogP contribution in [-0.2, 0) is 4.79 Å². The van der Waals surface area contributed by atoms with Crippen molar-refractivity contribution >= 4 is 21.8 Å². The Morgan fingerprint density at radius 2 is 2.05 bits per heavy atom. The van der Waals surface area contributed by atoms with Gasteiger partial charge in [0.15, 0.2) is 0 Å². The molecule has 1 fully saturated rings. The average Bonchev–Trinajstić information content (AvgIpc) is 2.57. The maximum absolute atomic E-state index is 13.3. The van der Waals surface area contributed by atoms with Crippen LogP contribution in [0.15, 0.2) is 22.7 Å². The molecule has 0 bridgehead atoms. The van der Waals surface area contributed by atoms with Crippen LogP contribution in [0.2, 0.25) is 0 Å². The summed E-state index contributed by atoms with van der Waals surface area (Å²) < 4.78 is 13.7. The molecule has 5 heteroatoms. The molecule has 2 atom stereocenters. The molecule has 1 saturated heterocycles. The van der Waals surface area contributed by atoms with Crippen molar-refractivity contribution in [1.29, 1.82) is 0 Å². The number of carbonyl (C=O) groups excluding carboxylic acids is 1. The number of benzene rings is 1. The van der Waals surface area contributed by atoms with Gasteiger partial charge in [-0.2, -0.15) is 0 Å². The van der Waals surface area contributed by atoms with Gasteiger partial charge in [0.1, 0.15) is 5.82 Å². The minimum absolute atomic E-state index is 0.0467. The summed E-state index contributed by atoms with van der Waals surface area (Å²) in [5.41, 5.74) is 6.66. The molecule has 1 aliphatic rings. The van der Waals surface area contributed by atoms with Crippen molar-refractivity contribution in [2.45, 2.75) is 44.8 Å². The molecule has 104 valence electrons. The predicted molar refractivity (Wildman–Crippen MR) is 76.0 cm³/mol. The van der Waals surface area contributed by atoms with Gasteiger partial charge in [0, 0.05) is 18.0 Å². The number of nitrogens with two attached hydrogens (primary N) is 1. The molecular weight excluding hydrogens is 311 g/mol. The van der Waals surface area contributed by atoms with Gasteiger partial charge in [-0.1, -0.05) is 6.07 Å². The first-order chi connectivity index (χ1) is 8.71. The van der Waals surface area contributed by atoms with Gasteiger partial charge in [0.25, 0.3) is 0 Å². The minimum Gasteiger partial charge on any atom is -0.329 e. The van der Waals surface area contributed by atoms with Crippen molar-refractivity contribution in [3.8, 4) is 0 Å². The van der Waals surface area contributed by atoms with E-state index in [1.165, 1.54) is 6.07 Å². The molecular formula is C14H18BrFN2O. The first kappa shape index (κ1) is 14.5. The topological polar surface area (TPSA) is 46.3 Å². The Bertz CT molecular complexity index is 513. The molecule has 0 aliphatic carbocycles. The van der Waals surface area contributed by atoms with Gasteiger partial charge in [-0.05, 0) is 54.4 Å². The standard InChI is InChI=1S/C14H18BrFN2O/c1-14(2,3)18-12(19)7-11(17)13(18)8-4-5-10(16)9(15)6-8/h4-6,11,13H,7,17H2,1-3H3. The van der Waals surface area contributed by atoms with Crippen LogP contribution in [-0.4, -0.2) is 22.4 Å². The molecule has 2 unspecified atom stereocenters. The summed E-state index contributed by atoms with van der Waals surface area (Å²) in [5.74, 6) is -0.269. The van der Waals surface area contributed by atoms with Crippen LogP contribution in [0.4, 0.5) is 4.39 Å². The van der Waals surface area contributed by atoms with Crippen LogP contribution in [0.1, 0.15) is 38.8 Å². The summed E-state index contributed by atoms with van der Waals surface area (Å²) in [6.07, 6.45) is 0.330. The van der Waals surface area contributed by atoms with Gasteiger partial charge in [-0.25, -0.2) is 4.39 Å². The van der Waals surface area contributed by atoms with E-state index in [0.29, 0.717) is 10.9 Å². The Balaban J connectivity index is 2.45. The zero-order valence-electron chi connectivity index (χ0n) is 11.3. The number of hydrogen-bond donors (Lipinski definition) is 1. The molecule has 0 radical (unpaired) electrons.